The van der Waals surface area contributed by atoms with Gasteiger partial charge in [-0.2, -0.15) is 0 Å². The number of rotatable bonds is 1. The summed E-state index contributed by atoms with van der Waals surface area (Å²) in [7, 11) is 0. The fourth-order valence-electron chi connectivity index (χ4n) is 0.265. The van der Waals surface area contributed by atoms with Gasteiger partial charge in [-0.1, -0.05) is 0 Å². The number of carbonyl (C=O) groups excluding carboxylic acids is 2. The van der Waals surface area contributed by atoms with Crippen LogP contribution >= 0.6 is 0 Å². The van der Waals surface area contributed by atoms with Crippen molar-refractivity contribution in [3.63, 3.8) is 0 Å². The predicted octanol–water partition coefficient (Wildman–Crippen LogP) is 0.0575. The van der Waals surface area contributed by atoms with Gasteiger partial charge in [-0.15, -0.1) is 0 Å². The van der Waals surface area contributed by atoms with Gasteiger partial charge in [0.25, 0.3) is 0 Å². The van der Waals surface area contributed by atoms with E-state index in [1.165, 1.54) is 0 Å². The van der Waals surface area contributed by atoms with Gasteiger partial charge in [0.1, 0.15) is 0 Å². The van der Waals surface area contributed by atoms with Crippen LogP contribution in [-0.4, -0.2) is 48.3 Å². The van der Waals surface area contributed by atoms with E-state index in [-0.39, 0.29) is 36.2 Å². The predicted molar refractivity (Wildman–Crippen MR) is 35.9 cm³/mol. The fraction of sp³-hybridized carbons (Fsp3) is 0.600. The molecule has 0 spiro atoms. The van der Waals surface area contributed by atoms with Crippen LogP contribution in [0.2, 0.25) is 0 Å². The summed E-state index contributed by atoms with van der Waals surface area (Å²) >= 11 is 0. The Kier molecular flexibility index (Phi) is 8.89. The van der Waals surface area contributed by atoms with Crippen molar-refractivity contribution >= 4 is 41.7 Å². The molecule has 0 N–H and O–H groups in total. The van der Waals surface area contributed by atoms with Gasteiger partial charge in [0.15, 0.2) is 0 Å². The SMILES string of the molecule is CCOC(=O)OC(C)=O.[NaH]. The molecule has 0 radical (unpaired) electrons. The van der Waals surface area contributed by atoms with Crippen molar-refractivity contribution in [1.29, 1.82) is 0 Å². The molecule has 0 saturated heterocycles. The molecule has 0 aromatic rings. The first-order valence-corrected chi connectivity index (χ1v) is 2.52. The summed E-state index contributed by atoms with van der Waals surface area (Å²) in [5.41, 5.74) is 0. The van der Waals surface area contributed by atoms with E-state index in [1.807, 2.05) is 0 Å². The molecule has 0 aliphatic heterocycles. The molecular formula is C5H9NaO4. The molecule has 4 nitrogen and oxygen atoms in total. The van der Waals surface area contributed by atoms with E-state index in [0.717, 1.165) is 6.92 Å². The number of hydrogen-bond donors (Lipinski definition) is 0. The second-order valence-corrected chi connectivity index (χ2v) is 1.28. The van der Waals surface area contributed by atoms with Gasteiger partial charge in [0.05, 0.1) is 6.61 Å². The average Bonchev–Trinajstić information content (AvgIpc) is 1.63. The Bertz CT molecular complexity index is 123. The molecule has 0 unspecified atom stereocenters. The maximum absolute atomic E-state index is 10.2. The molecule has 0 rings (SSSR count). The summed E-state index contributed by atoms with van der Waals surface area (Å²) in [5.74, 6) is -0.659. The van der Waals surface area contributed by atoms with Crippen molar-refractivity contribution in [3.8, 4) is 0 Å². The number of carbonyl (C=O) groups is 2. The summed E-state index contributed by atoms with van der Waals surface area (Å²) in [4.78, 5) is 20.2. The molecule has 0 amide bonds. The molecule has 10 heavy (non-hydrogen) atoms. The minimum atomic E-state index is -0.940. The Hall–Kier alpha value is -0.0600. The normalized spacial score (nSPS) is 7.40. The van der Waals surface area contributed by atoms with E-state index in [9.17, 15) is 9.59 Å². The average molecular weight is 156 g/mol. The van der Waals surface area contributed by atoms with Gasteiger partial charge in [-0.25, -0.2) is 4.79 Å². The molecule has 0 bridgehead atoms. The number of ether oxygens (including phenoxy) is 2. The van der Waals surface area contributed by atoms with E-state index in [2.05, 4.69) is 9.47 Å². The van der Waals surface area contributed by atoms with Crippen LogP contribution in [0.4, 0.5) is 4.79 Å². The van der Waals surface area contributed by atoms with E-state index < -0.39 is 12.1 Å². The summed E-state index contributed by atoms with van der Waals surface area (Å²) in [5, 5.41) is 0. The first-order valence-electron chi connectivity index (χ1n) is 2.52. The molecule has 5 heteroatoms. The van der Waals surface area contributed by atoms with Crippen LogP contribution in [0, 0.1) is 0 Å². The molecule has 0 atom stereocenters. The number of esters is 1. The Labute approximate surface area is 81.2 Å². The Morgan fingerprint density at radius 2 is 1.90 bits per heavy atom. The molecule has 0 aliphatic carbocycles. The van der Waals surface area contributed by atoms with E-state index >= 15 is 0 Å². The van der Waals surface area contributed by atoms with Crippen LogP contribution in [0.5, 0.6) is 0 Å². The topological polar surface area (TPSA) is 52.6 Å². The van der Waals surface area contributed by atoms with Crippen molar-refractivity contribution in [3.05, 3.63) is 0 Å². The molecule has 0 aliphatic rings. The zero-order chi connectivity index (χ0) is 7.28. The van der Waals surface area contributed by atoms with E-state index in [1.54, 1.807) is 6.92 Å². The quantitative estimate of drug-likeness (QED) is 0.306. The second kappa shape index (κ2) is 7.05. The van der Waals surface area contributed by atoms with Gasteiger partial charge in [-0.3, -0.25) is 4.79 Å². The molecule has 54 valence electrons. The van der Waals surface area contributed by atoms with Crippen LogP contribution in [0.25, 0.3) is 0 Å². The van der Waals surface area contributed by atoms with Crippen LogP contribution in [0.15, 0.2) is 0 Å². The van der Waals surface area contributed by atoms with E-state index in [4.69, 9.17) is 0 Å². The van der Waals surface area contributed by atoms with Crippen LogP contribution in [0.1, 0.15) is 13.8 Å². The van der Waals surface area contributed by atoms with Crippen molar-refractivity contribution in [1.82, 2.24) is 0 Å². The van der Waals surface area contributed by atoms with E-state index in [0.29, 0.717) is 0 Å². The van der Waals surface area contributed by atoms with Gasteiger partial charge in [-0.05, 0) is 6.92 Å². The molecule has 0 aromatic carbocycles. The van der Waals surface area contributed by atoms with Crippen LogP contribution in [-0.2, 0) is 14.3 Å². The fourth-order valence-corrected chi connectivity index (χ4v) is 0.265. The third-order valence-corrected chi connectivity index (χ3v) is 0.489. The summed E-state index contributed by atoms with van der Waals surface area (Å²) < 4.78 is 8.26. The van der Waals surface area contributed by atoms with Crippen molar-refractivity contribution in [2.75, 3.05) is 6.61 Å². The van der Waals surface area contributed by atoms with Gasteiger partial charge in [0.2, 0.25) is 0 Å². The summed E-state index contributed by atoms with van der Waals surface area (Å²) in [6, 6.07) is 0. The molecule has 0 fully saturated rings. The van der Waals surface area contributed by atoms with Gasteiger partial charge < -0.3 is 9.47 Å². The Morgan fingerprint density at radius 3 is 2.20 bits per heavy atom. The van der Waals surface area contributed by atoms with Crippen molar-refractivity contribution in [2.24, 2.45) is 0 Å². The van der Waals surface area contributed by atoms with Gasteiger partial charge >= 0.3 is 41.7 Å². The first-order chi connectivity index (χ1) is 4.16. The zero-order valence-corrected chi connectivity index (χ0v) is 5.34. The molecule has 0 saturated carbocycles. The van der Waals surface area contributed by atoms with Crippen LogP contribution < -0.4 is 0 Å². The third kappa shape index (κ3) is 7.94. The molecule has 0 heterocycles. The summed E-state index contributed by atoms with van der Waals surface area (Å²) in [6.07, 6.45) is -0.940. The molecular weight excluding hydrogens is 147 g/mol. The number of hydrogen-bond acceptors (Lipinski definition) is 4. The Balaban J connectivity index is 0. The standard InChI is InChI=1S/C5H8O4.Na.H/c1-3-8-5(7)9-4(2)6;;/h3H2,1-2H3;;. The maximum atomic E-state index is 10.2. The Morgan fingerprint density at radius 1 is 1.40 bits per heavy atom. The second-order valence-electron chi connectivity index (χ2n) is 1.28. The van der Waals surface area contributed by atoms with Crippen LogP contribution in [0.3, 0.4) is 0 Å². The van der Waals surface area contributed by atoms with Gasteiger partial charge in [0, 0.05) is 6.92 Å². The molecule has 0 aromatic heterocycles. The first kappa shape index (κ1) is 12.6. The minimum absolute atomic E-state index is 0. The zero-order valence-electron chi connectivity index (χ0n) is 5.34. The third-order valence-electron chi connectivity index (χ3n) is 0.489. The van der Waals surface area contributed by atoms with Crippen molar-refractivity contribution in [2.45, 2.75) is 13.8 Å². The monoisotopic (exact) mass is 156 g/mol. The summed E-state index contributed by atoms with van der Waals surface area (Å²) in [6.45, 7) is 2.98. The van der Waals surface area contributed by atoms with Crippen molar-refractivity contribution < 1.29 is 19.1 Å².